The van der Waals surface area contributed by atoms with E-state index in [1.807, 2.05) is 26.0 Å². The van der Waals surface area contributed by atoms with Crippen LogP contribution in [0.3, 0.4) is 0 Å². The number of pyridine rings is 1. The number of aromatic nitrogens is 1. The van der Waals surface area contributed by atoms with Crippen molar-refractivity contribution in [2.45, 2.75) is 39.5 Å². The molecule has 0 saturated carbocycles. The quantitative estimate of drug-likeness (QED) is 0.754. The number of nitrogens with one attached hydrogen (secondary N) is 1. The van der Waals surface area contributed by atoms with Gasteiger partial charge < -0.3 is 10.4 Å². The Hall–Kier alpha value is -1.42. The average molecular weight is 264 g/mol. The topological polar surface area (TPSA) is 62.2 Å². The predicted molar refractivity (Wildman–Crippen MR) is 75.7 cm³/mol. The Labute approximate surface area is 115 Å². The molecule has 0 fully saturated rings. The molecular weight excluding hydrogens is 240 g/mol. The Bertz CT molecular complexity index is 367. The molecule has 0 spiro atoms. The molecule has 0 bridgehead atoms. The molecule has 2 N–H and O–H groups in total. The van der Waals surface area contributed by atoms with Crippen molar-refractivity contribution in [3.05, 3.63) is 30.1 Å². The Morgan fingerprint density at radius 2 is 1.95 bits per heavy atom. The van der Waals surface area contributed by atoms with E-state index in [9.17, 15) is 9.90 Å². The van der Waals surface area contributed by atoms with E-state index in [1.165, 1.54) is 0 Å². The van der Waals surface area contributed by atoms with E-state index >= 15 is 0 Å². The van der Waals surface area contributed by atoms with Gasteiger partial charge >= 0.3 is 0 Å². The number of rotatable bonds is 8. The lowest BCUT2D eigenvalue weighted by atomic mass is 9.83. The molecule has 1 aromatic rings. The van der Waals surface area contributed by atoms with Crippen LogP contribution in [0.1, 0.15) is 38.7 Å². The molecule has 106 valence electrons. The largest absolute Gasteiger partial charge is 0.396 e. The van der Waals surface area contributed by atoms with Crippen molar-refractivity contribution < 1.29 is 9.90 Å². The fourth-order valence-corrected chi connectivity index (χ4v) is 1.96. The number of nitrogens with zero attached hydrogens (tertiary/aromatic N) is 1. The van der Waals surface area contributed by atoms with E-state index in [1.54, 1.807) is 12.4 Å². The van der Waals surface area contributed by atoms with Crippen molar-refractivity contribution >= 4 is 5.91 Å². The van der Waals surface area contributed by atoms with E-state index in [-0.39, 0.29) is 17.9 Å². The summed E-state index contributed by atoms with van der Waals surface area (Å²) in [5.41, 5.74) is 0.941. The highest BCUT2D eigenvalue weighted by Gasteiger charge is 2.25. The fraction of sp³-hybridized carbons (Fsp3) is 0.600. The molecular formula is C15H24N2O2. The van der Waals surface area contributed by atoms with Crippen LogP contribution in [-0.4, -0.2) is 29.1 Å². The molecule has 0 unspecified atom stereocenters. The molecule has 1 aromatic heterocycles. The maximum atomic E-state index is 11.8. The van der Waals surface area contributed by atoms with Gasteiger partial charge in [0.25, 0.3) is 0 Å². The molecule has 4 nitrogen and oxygen atoms in total. The van der Waals surface area contributed by atoms with Crippen LogP contribution in [-0.2, 0) is 11.2 Å². The molecule has 0 saturated heterocycles. The van der Waals surface area contributed by atoms with Crippen LogP contribution >= 0.6 is 0 Å². The van der Waals surface area contributed by atoms with Gasteiger partial charge in [-0.15, -0.1) is 0 Å². The number of aliphatic hydroxyl groups excluding tert-OH is 1. The SMILES string of the molecule is CCC(CC)(CO)CNC(=O)CCc1ccncc1. The van der Waals surface area contributed by atoms with Gasteiger partial charge in [0.1, 0.15) is 0 Å². The second kappa shape index (κ2) is 7.89. The van der Waals surface area contributed by atoms with Crippen molar-refractivity contribution in [1.29, 1.82) is 0 Å². The molecule has 1 rings (SSSR count). The van der Waals surface area contributed by atoms with Gasteiger partial charge in [-0.3, -0.25) is 9.78 Å². The van der Waals surface area contributed by atoms with Gasteiger partial charge in [-0.2, -0.15) is 0 Å². The molecule has 1 heterocycles. The van der Waals surface area contributed by atoms with Crippen molar-refractivity contribution in [1.82, 2.24) is 10.3 Å². The second-order valence-electron chi connectivity index (χ2n) is 5.00. The van der Waals surface area contributed by atoms with Crippen molar-refractivity contribution in [2.75, 3.05) is 13.2 Å². The number of aliphatic hydroxyl groups is 1. The first-order chi connectivity index (χ1) is 9.15. The molecule has 0 aromatic carbocycles. The number of carbonyl (C=O) groups excluding carboxylic acids is 1. The van der Waals surface area contributed by atoms with E-state index in [2.05, 4.69) is 10.3 Å². The molecule has 0 radical (unpaired) electrons. The van der Waals surface area contributed by atoms with Crippen LogP contribution < -0.4 is 5.32 Å². The lowest BCUT2D eigenvalue weighted by Crippen LogP contribution is -2.39. The summed E-state index contributed by atoms with van der Waals surface area (Å²) in [7, 11) is 0. The van der Waals surface area contributed by atoms with E-state index in [0.717, 1.165) is 24.8 Å². The maximum absolute atomic E-state index is 11.8. The summed E-state index contributed by atoms with van der Waals surface area (Å²) < 4.78 is 0. The summed E-state index contributed by atoms with van der Waals surface area (Å²) in [6, 6.07) is 3.84. The number of hydrogen-bond donors (Lipinski definition) is 2. The van der Waals surface area contributed by atoms with Gasteiger partial charge in [0.2, 0.25) is 5.91 Å². The van der Waals surface area contributed by atoms with Gasteiger partial charge in [0.15, 0.2) is 0 Å². The normalized spacial score (nSPS) is 11.3. The molecule has 0 aliphatic rings. The minimum absolute atomic E-state index is 0.0385. The first-order valence-corrected chi connectivity index (χ1v) is 6.92. The maximum Gasteiger partial charge on any atom is 0.220 e. The first-order valence-electron chi connectivity index (χ1n) is 6.92. The average Bonchev–Trinajstić information content (AvgIpc) is 2.48. The number of carbonyl (C=O) groups is 1. The molecule has 19 heavy (non-hydrogen) atoms. The second-order valence-corrected chi connectivity index (χ2v) is 5.00. The third-order valence-corrected chi connectivity index (χ3v) is 3.89. The minimum Gasteiger partial charge on any atom is -0.396 e. The predicted octanol–water partition coefficient (Wildman–Crippen LogP) is 1.93. The highest BCUT2D eigenvalue weighted by molar-refractivity contribution is 5.76. The number of amides is 1. The first kappa shape index (κ1) is 15.6. The highest BCUT2D eigenvalue weighted by atomic mass is 16.3. The molecule has 1 amide bonds. The van der Waals surface area contributed by atoms with E-state index in [0.29, 0.717) is 13.0 Å². The van der Waals surface area contributed by atoms with E-state index in [4.69, 9.17) is 0 Å². The standard InChI is InChI=1S/C15H24N2O2/c1-3-15(4-2,12-18)11-17-14(19)6-5-13-7-9-16-10-8-13/h7-10,18H,3-6,11-12H2,1-2H3,(H,17,19). The van der Waals surface area contributed by atoms with Crippen LogP contribution in [0, 0.1) is 5.41 Å². The molecule has 4 heteroatoms. The zero-order chi connectivity index (χ0) is 14.1. The van der Waals surface area contributed by atoms with Crippen molar-refractivity contribution in [3.63, 3.8) is 0 Å². The summed E-state index contributed by atoms with van der Waals surface area (Å²) >= 11 is 0. The third kappa shape index (κ3) is 4.99. The lowest BCUT2D eigenvalue weighted by molar-refractivity contribution is -0.121. The van der Waals surface area contributed by atoms with E-state index < -0.39 is 0 Å². The van der Waals surface area contributed by atoms with Crippen LogP contribution in [0.25, 0.3) is 0 Å². The molecule has 0 aliphatic carbocycles. The molecule has 0 atom stereocenters. The summed E-state index contributed by atoms with van der Waals surface area (Å²) in [5.74, 6) is 0.0385. The zero-order valence-electron chi connectivity index (χ0n) is 11.9. The fourth-order valence-electron chi connectivity index (χ4n) is 1.96. The summed E-state index contributed by atoms with van der Waals surface area (Å²) in [5, 5.41) is 12.4. The Morgan fingerprint density at radius 3 is 2.47 bits per heavy atom. The zero-order valence-corrected chi connectivity index (χ0v) is 11.9. The number of hydrogen-bond acceptors (Lipinski definition) is 3. The highest BCUT2D eigenvalue weighted by Crippen LogP contribution is 2.24. The van der Waals surface area contributed by atoms with Crippen LogP contribution in [0.15, 0.2) is 24.5 Å². The third-order valence-electron chi connectivity index (χ3n) is 3.89. The smallest absolute Gasteiger partial charge is 0.220 e. The van der Waals surface area contributed by atoms with Gasteiger partial charge in [-0.1, -0.05) is 13.8 Å². The minimum atomic E-state index is -0.174. The number of aryl methyl sites for hydroxylation is 1. The lowest BCUT2D eigenvalue weighted by Gasteiger charge is -2.29. The van der Waals surface area contributed by atoms with Crippen LogP contribution in [0.5, 0.6) is 0 Å². The Morgan fingerprint density at radius 1 is 1.32 bits per heavy atom. The van der Waals surface area contributed by atoms with Crippen LogP contribution in [0.2, 0.25) is 0 Å². The van der Waals surface area contributed by atoms with Gasteiger partial charge in [0, 0.05) is 30.8 Å². The summed E-state index contributed by atoms with van der Waals surface area (Å²) in [6.45, 7) is 4.75. The Balaban J connectivity index is 2.35. The van der Waals surface area contributed by atoms with Gasteiger partial charge in [0.05, 0.1) is 6.61 Å². The van der Waals surface area contributed by atoms with Crippen LogP contribution in [0.4, 0.5) is 0 Å². The van der Waals surface area contributed by atoms with Gasteiger partial charge in [-0.05, 0) is 37.0 Å². The molecule has 0 aliphatic heterocycles. The van der Waals surface area contributed by atoms with Crippen molar-refractivity contribution in [2.24, 2.45) is 5.41 Å². The Kier molecular flexibility index (Phi) is 6.50. The van der Waals surface area contributed by atoms with Gasteiger partial charge in [-0.25, -0.2) is 0 Å². The monoisotopic (exact) mass is 264 g/mol. The summed E-state index contributed by atoms with van der Waals surface area (Å²) in [4.78, 5) is 15.7. The summed E-state index contributed by atoms with van der Waals surface area (Å²) in [6.07, 6.45) is 6.39. The van der Waals surface area contributed by atoms with Crippen molar-refractivity contribution in [3.8, 4) is 0 Å².